The van der Waals surface area contributed by atoms with E-state index in [1.807, 2.05) is 0 Å². The fourth-order valence-corrected chi connectivity index (χ4v) is 3.84. The summed E-state index contributed by atoms with van der Waals surface area (Å²) in [6.45, 7) is -0.139. The van der Waals surface area contributed by atoms with Crippen LogP contribution in [-0.2, 0) is 4.79 Å². The van der Waals surface area contributed by atoms with Gasteiger partial charge in [-0.05, 0) is 44.2 Å². The van der Waals surface area contributed by atoms with Gasteiger partial charge in [-0.1, -0.05) is 23.2 Å². The second kappa shape index (κ2) is 6.13. The van der Waals surface area contributed by atoms with Crippen LogP contribution in [0.5, 0.6) is 5.75 Å². The highest BCUT2D eigenvalue weighted by Gasteiger charge is 2.53. The van der Waals surface area contributed by atoms with Crippen molar-refractivity contribution in [1.29, 1.82) is 0 Å². The van der Waals surface area contributed by atoms with Gasteiger partial charge in [-0.3, -0.25) is 4.79 Å². The molecule has 0 aliphatic heterocycles. The first-order chi connectivity index (χ1) is 10.8. The lowest BCUT2D eigenvalue weighted by Gasteiger charge is -2.54. The third-order valence-electron chi connectivity index (χ3n) is 5.03. The van der Waals surface area contributed by atoms with Crippen molar-refractivity contribution in [2.75, 3.05) is 6.61 Å². The standard InChI is InChI=1S/C16H20Cl2N2O3/c17-11-2-1-10(7-12(11)18)23-9-14(22)20-16-5-3-15(19,4-6-16)8-13(16)21/h1-2,7,13,21H,3-6,8-9,19H2,(H,20,22)/t13-,15?,16?/m1/s1. The number of halogens is 2. The van der Waals surface area contributed by atoms with Gasteiger partial charge in [0.25, 0.3) is 5.91 Å². The lowest BCUT2D eigenvalue weighted by molar-refractivity contribution is -0.131. The number of fused-ring (bicyclic) bond motifs is 3. The summed E-state index contributed by atoms with van der Waals surface area (Å²) < 4.78 is 5.44. The highest BCUT2D eigenvalue weighted by atomic mass is 35.5. The van der Waals surface area contributed by atoms with Crippen molar-refractivity contribution < 1.29 is 14.6 Å². The van der Waals surface area contributed by atoms with Crippen molar-refractivity contribution in [3.8, 4) is 5.75 Å². The number of hydrogen-bond donors (Lipinski definition) is 3. The van der Waals surface area contributed by atoms with Crippen molar-refractivity contribution in [3.05, 3.63) is 28.2 Å². The molecule has 1 aromatic carbocycles. The van der Waals surface area contributed by atoms with E-state index in [0.29, 0.717) is 35.1 Å². The van der Waals surface area contributed by atoms with Gasteiger partial charge in [-0.15, -0.1) is 0 Å². The first-order valence-corrected chi connectivity index (χ1v) is 8.43. The minimum Gasteiger partial charge on any atom is -0.484 e. The first-order valence-electron chi connectivity index (χ1n) is 7.68. The number of ether oxygens (including phenoxy) is 1. The summed E-state index contributed by atoms with van der Waals surface area (Å²) in [5.41, 5.74) is 5.37. The van der Waals surface area contributed by atoms with Gasteiger partial charge >= 0.3 is 0 Å². The Labute approximate surface area is 145 Å². The van der Waals surface area contributed by atoms with Crippen molar-refractivity contribution in [3.63, 3.8) is 0 Å². The SMILES string of the molecule is NC12CCC(NC(=O)COc3ccc(Cl)c(Cl)c3)(CC1)[C@H](O)C2. The summed E-state index contributed by atoms with van der Waals surface area (Å²) in [4.78, 5) is 12.2. The lowest BCUT2D eigenvalue weighted by atomic mass is 9.60. The maximum absolute atomic E-state index is 12.2. The molecular weight excluding hydrogens is 339 g/mol. The Hall–Kier alpha value is -1.01. The van der Waals surface area contributed by atoms with Gasteiger partial charge in [0, 0.05) is 11.6 Å². The van der Waals surface area contributed by atoms with E-state index in [4.69, 9.17) is 33.7 Å². The predicted molar refractivity (Wildman–Crippen MR) is 88.8 cm³/mol. The van der Waals surface area contributed by atoms with Gasteiger partial charge in [-0.25, -0.2) is 0 Å². The Morgan fingerprint density at radius 3 is 2.61 bits per heavy atom. The quantitative estimate of drug-likeness (QED) is 0.770. The molecule has 3 aliphatic rings. The minimum atomic E-state index is -0.607. The maximum atomic E-state index is 12.2. The normalized spacial score (nSPS) is 32.6. The Kier molecular flexibility index (Phi) is 4.49. The number of aliphatic hydroxyl groups is 1. The van der Waals surface area contributed by atoms with E-state index in [9.17, 15) is 9.90 Å². The molecule has 0 spiro atoms. The molecule has 3 fully saturated rings. The second-order valence-corrected chi connectivity index (χ2v) is 7.47. The van der Waals surface area contributed by atoms with Gasteiger partial charge in [0.2, 0.25) is 0 Å². The van der Waals surface area contributed by atoms with Gasteiger partial charge < -0.3 is 20.9 Å². The summed E-state index contributed by atoms with van der Waals surface area (Å²) in [7, 11) is 0. The van der Waals surface area contributed by atoms with Crippen LogP contribution >= 0.6 is 23.2 Å². The maximum Gasteiger partial charge on any atom is 0.258 e. The van der Waals surface area contributed by atoms with Crippen LogP contribution in [0.15, 0.2) is 18.2 Å². The number of nitrogens with two attached hydrogens (primary N) is 1. The molecule has 4 N–H and O–H groups in total. The van der Waals surface area contributed by atoms with Crippen LogP contribution in [0.25, 0.3) is 0 Å². The first kappa shape index (κ1) is 16.8. The zero-order chi connectivity index (χ0) is 16.7. The molecule has 7 heteroatoms. The average molecular weight is 359 g/mol. The zero-order valence-corrected chi connectivity index (χ0v) is 14.2. The summed E-state index contributed by atoms with van der Waals surface area (Å²) in [6.07, 6.45) is 2.95. The molecule has 1 aromatic rings. The van der Waals surface area contributed by atoms with E-state index in [1.165, 1.54) is 0 Å². The van der Waals surface area contributed by atoms with Crippen LogP contribution in [0, 0.1) is 0 Å². The molecule has 126 valence electrons. The van der Waals surface area contributed by atoms with E-state index in [1.54, 1.807) is 18.2 Å². The van der Waals surface area contributed by atoms with Crippen molar-refractivity contribution in [2.45, 2.75) is 49.3 Å². The molecule has 0 unspecified atom stereocenters. The molecule has 1 atom stereocenters. The number of benzene rings is 1. The molecule has 0 radical (unpaired) electrons. The van der Waals surface area contributed by atoms with Crippen molar-refractivity contribution in [2.24, 2.45) is 5.73 Å². The molecule has 2 bridgehead atoms. The van der Waals surface area contributed by atoms with Gasteiger partial charge in [-0.2, -0.15) is 0 Å². The molecule has 23 heavy (non-hydrogen) atoms. The molecule has 1 amide bonds. The molecule has 0 aromatic heterocycles. The lowest BCUT2D eigenvalue weighted by Crippen LogP contribution is -2.69. The van der Waals surface area contributed by atoms with E-state index in [0.717, 1.165) is 12.8 Å². The fraction of sp³-hybridized carbons (Fsp3) is 0.562. The number of aliphatic hydroxyl groups excluding tert-OH is 1. The van der Waals surface area contributed by atoms with Crippen molar-refractivity contribution in [1.82, 2.24) is 5.32 Å². The van der Waals surface area contributed by atoms with E-state index >= 15 is 0 Å². The summed E-state index contributed by atoms with van der Waals surface area (Å²) >= 11 is 11.7. The van der Waals surface area contributed by atoms with Crippen LogP contribution in [0.4, 0.5) is 0 Å². The number of nitrogens with one attached hydrogen (secondary N) is 1. The monoisotopic (exact) mass is 358 g/mol. The molecule has 4 rings (SSSR count). The molecule has 3 saturated carbocycles. The fourth-order valence-electron chi connectivity index (χ4n) is 3.55. The van der Waals surface area contributed by atoms with E-state index in [2.05, 4.69) is 5.32 Å². The summed E-state index contributed by atoms with van der Waals surface area (Å²) in [5, 5.41) is 14.1. The summed E-state index contributed by atoms with van der Waals surface area (Å²) in [6, 6.07) is 4.83. The van der Waals surface area contributed by atoms with E-state index < -0.39 is 11.6 Å². The van der Waals surface area contributed by atoms with Crippen LogP contribution in [0.2, 0.25) is 10.0 Å². The highest BCUT2D eigenvalue weighted by Crippen LogP contribution is 2.45. The Bertz CT molecular complexity index is 615. The van der Waals surface area contributed by atoms with Crippen LogP contribution in [0.1, 0.15) is 32.1 Å². The van der Waals surface area contributed by atoms with Gasteiger partial charge in [0.1, 0.15) is 5.75 Å². The zero-order valence-electron chi connectivity index (χ0n) is 12.6. The Balaban J connectivity index is 1.58. The number of amides is 1. The third-order valence-corrected chi connectivity index (χ3v) is 5.76. The number of rotatable bonds is 4. The van der Waals surface area contributed by atoms with Gasteiger partial charge in [0.15, 0.2) is 6.61 Å². The largest absolute Gasteiger partial charge is 0.484 e. The summed E-state index contributed by atoms with van der Waals surface area (Å²) in [5.74, 6) is 0.211. The van der Waals surface area contributed by atoms with Crippen molar-refractivity contribution >= 4 is 29.1 Å². The topological polar surface area (TPSA) is 84.6 Å². The number of hydrogen-bond acceptors (Lipinski definition) is 4. The number of carbonyl (C=O) groups is 1. The second-order valence-electron chi connectivity index (χ2n) is 6.65. The Morgan fingerprint density at radius 2 is 2.00 bits per heavy atom. The highest BCUT2D eigenvalue weighted by molar-refractivity contribution is 6.42. The molecular formula is C16H20Cl2N2O3. The van der Waals surface area contributed by atoms with Gasteiger partial charge in [0.05, 0.1) is 21.7 Å². The van der Waals surface area contributed by atoms with Crippen LogP contribution in [0.3, 0.4) is 0 Å². The van der Waals surface area contributed by atoms with Crippen LogP contribution in [-0.4, -0.2) is 34.8 Å². The molecule has 5 nitrogen and oxygen atoms in total. The smallest absolute Gasteiger partial charge is 0.258 e. The third kappa shape index (κ3) is 3.43. The molecule has 3 aliphatic carbocycles. The minimum absolute atomic E-state index is 0.139. The number of carbonyl (C=O) groups excluding carboxylic acids is 1. The predicted octanol–water partition coefficient (Wildman–Crippen LogP) is 2.26. The average Bonchev–Trinajstić information content (AvgIpc) is 2.50. The molecule has 0 heterocycles. The van der Waals surface area contributed by atoms with Crippen LogP contribution < -0.4 is 15.8 Å². The molecule has 0 saturated heterocycles. The Morgan fingerprint density at radius 1 is 1.30 bits per heavy atom. The van der Waals surface area contributed by atoms with E-state index in [-0.39, 0.29) is 18.1 Å².